The number of benzene rings is 1. The smallest absolute Gasteiger partial charge is 0.192 e. The summed E-state index contributed by atoms with van der Waals surface area (Å²) in [5, 5.41) is 9.38. The lowest BCUT2D eigenvalue weighted by molar-refractivity contribution is 0.164. The van der Waals surface area contributed by atoms with Gasteiger partial charge in [0.1, 0.15) is 5.52 Å². The molecule has 0 saturated heterocycles. The fourth-order valence-electron chi connectivity index (χ4n) is 1.54. The summed E-state index contributed by atoms with van der Waals surface area (Å²) < 4.78 is 5.39. The number of rotatable bonds is 2. The lowest BCUT2D eigenvalue weighted by atomic mass is 10.0. The van der Waals surface area contributed by atoms with Crippen molar-refractivity contribution in [2.75, 3.05) is 0 Å². The molecule has 0 radical (unpaired) electrons. The zero-order valence-corrected chi connectivity index (χ0v) is 8.77. The second kappa shape index (κ2) is 3.64. The highest BCUT2D eigenvalue weighted by atomic mass is 16.3. The largest absolute Gasteiger partial charge is 0.441 e. The van der Waals surface area contributed by atoms with Gasteiger partial charge in [-0.2, -0.15) is 0 Å². The Morgan fingerprint density at radius 2 is 2.20 bits per heavy atom. The Labute approximate surface area is 87.7 Å². The molecule has 0 aliphatic carbocycles. The summed E-state index contributed by atoms with van der Waals surface area (Å²) in [5.74, 6) is 0.632. The molecule has 1 aromatic carbocycles. The minimum Gasteiger partial charge on any atom is -0.441 e. The first-order valence-electron chi connectivity index (χ1n) is 4.88. The van der Waals surface area contributed by atoms with Crippen LogP contribution in [0.3, 0.4) is 0 Å². The average molecular weight is 206 g/mol. The maximum absolute atomic E-state index is 9.38. The number of fused-ring (bicyclic) bond motifs is 1. The number of nitrogens with zero attached hydrogens (tertiary/aromatic N) is 1. The van der Waals surface area contributed by atoms with E-state index in [1.54, 1.807) is 13.8 Å². The van der Waals surface area contributed by atoms with E-state index >= 15 is 0 Å². The zero-order valence-electron chi connectivity index (χ0n) is 8.77. The van der Waals surface area contributed by atoms with Gasteiger partial charge in [0, 0.05) is 6.92 Å². The number of hydrogen-bond donors (Lipinski definition) is 2. The van der Waals surface area contributed by atoms with Crippen LogP contribution in [0.15, 0.2) is 22.6 Å². The Bertz CT molecular complexity index is 476. The van der Waals surface area contributed by atoms with Crippen molar-refractivity contribution >= 4 is 11.1 Å². The Kier molecular flexibility index (Phi) is 2.46. The standard InChI is InChI=1S/C11H14N2O2/c1-6(14)11(12)8-3-4-9-10(5-8)15-7(2)13-9/h3-6,11,14H,12H2,1-2H3. The molecule has 0 saturated carbocycles. The number of oxazole rings is 1. The van der Waals surface area contributed by atoms with Crippen LogP contribution in [0, 0.1) is 6.92 Å². The second-order valence-electron chi connectivity index (χ2n) is 3.73. The highest BCUT2D eigenvalue weighted by molar-refractivity contribution is 5.73. The van der Waals surface area contributed by atoms with Gasteiger partial charge >= 0.3 is 0 Å². The molecule has 1 heterocycles. The molecule has 80 valence electrons. The predicted molar refractivity (Wildman–Crippen MR) is 57.4 cm³/mol. The minimum atomic E-state index is -0.577. The molecule has 0 spiro atoms. The Morgan fingerprint density at radius 1 is 1.47 bits per heavy atom. The van der Waals surface area contributed by atoms with Gasteiger partial charge in [-0.05, 0) is 24.6 Å². The maximum atomic E-state index is 9.38. The van der Waals surface area contributed by atoms with E-state index in [1.165, 1.54) is 0 Å². The minimum absolute atomic E-state index is 0.389. The maximum Gasteiger partial charge on any atom is 0.192 e. The molecule has 15 heavy (non-hydrogen) atoms. The first-order valence-corrected chi connectivity index (χ1v) is 4.88. The summed E-state index contributed by atoms with van der Waals surface area (Å²) in [5.41, 5.74) is 8.20. The van der Waals surface area contributed by atoms with Crippen LogP contribution in [0.1, 0.15) is 24.4 Å². The van der Waals surface area contributed by atoms with Crippen molar-refractivity contribution < 1.29 is 9.52 Å². The van der Waals surface area contributed by atoms with Crippen LogP contribution in [0.25, 0.3) is 11.1 Å². The molecule has 1 aromatic heterocycles. The van der Waals surface area contributed by atoms with Gasteiger partial charge in [0.25, 0.3) is 0 Å². The van der Waals surface area contributed by atoms with E-state index in [-0.39, 0.29) is 6.04 Å². The van der Waals surface area contributed by atoms with Gasteiger partial charge in [-0.1, -0.05) is 6.07 Å². The third-order valence-corrected chi connectivity index (χ3v) is 2.42. The van der Waals surface area contributed by atoms with Crippen LogP contribution in [0.4, 0.5) is 0 Å². The number of hydrogen-bond acceptors (Lipinski definition) is 4. The van der Waals surface area contributed by atoms with Gasteiger partial charge in [-0.3, -0.25) is 0 Å². The lowest BCUT2D eigenvalue weighted by Crippen LogP contribution is -2.22. The molecule has 2 unspecified atom stereocenters. The number of aliphatic hydroxyl groups excluding tert-OH is 1. The quantitative estimate of drug-likeness (QED) is 0.781. The number of aromatic nitrogens is 1. The highest BCUT2D eigenvalue weighted by Gasteiger charge is 2.13. The van der Waals surface area contributed by atoms with Crippen molar-refractivity contribution in [2.24, 2.45) is 5.73 Å². The van der Waals surface area contributed by atoms with Crippen molar-refractivity contribution in [3.8, 4) is 0 Å². The topological polar surface area (TPSA) is 72.3 Å². The monoisotopic (exact) mass is 206 g/mol. The fourth-order valence-corrected chi connectivity index (χ4v) is 1.54. The highest BCUT2D eigenvalue weighted by Crippen LogP contribution is 2.21. The number of aliphatic hydroxyl groups is 1. The van der Waals surface area contributed by atoms with E-state index in [4.69, 9.17) is 10.2 Å². The lowest BCUT2D eigenvalue weighted by Gasteiger charge is -2.14. The van der Waals surface area contributed by atoms with Gasteiger partial charge in [0.05, 0.1) is 12.1 Å². The molecule has 0 fully saturated rings. The molecular formula is C11H14N2O2. The van der Waals surface area contributed by atoms with Crippen LogP contribution in [-0.2, 0) is 0 Å². The Balaban J connectivity index is 2.46. The van der Waals surface area contributed by atoms with E-state index < -0.39 is 6.10 Å². The van der Waals surface area contributed by atoms with E-state index in [0.29, 0.717) is 11.5 Å². The summed E-state index contributed by atoms with van der Waals surface area (Å²) in [6.07, 6.45) is -0.577. The van der Waals surface area contributed by atoms with Crippen molar-refractivity contribution in [2.45, 2.75) is 26.0 Å². The molecule has 0 amide bonds. The molecular weight excluding hydrogens is 192 g/mol. The molecule has 2 rings (SSSR count). The third kappa shape index (κ3) is 1.86. The van der Waals surface area contributed by atoms with E-state index in [0.717, 1.165) is 11.1 Å². The third-order valence-electron chi connectivity index (χ3n) is 2.42. The van der Waals surface area contributed by atoms with E-state index in [1.807, 2.05) is 18.2 Å². The fraction of sp³-hybridized carbons (Fsp3) is 0.364. The molecule has 4 heteroatoms. The molecule has 0 aliphatic heterocycles. The van der Waals surface area contributed by atoms with E-state index in [2.05, 4.69) is 4.98 Å². The van der Waals surface area contributed by atoms with Crippen molar-refractivity contribution in [3.05, 3.63) is 29.7 Å². The molecule has 0 aliphatic rings. The first-order chi connectivity index (χ1) is 7.08. The zero-order chi connectivity index (χ0) is 11.0. The molecule has 3 N–H and O–H groups in total. The number of nitrogens with two attached hydrogens (primary N) is 1. The molecule has 2 atom stereocenters. The van der Waals surface area contributed by atoms with Crippen LogP contribution >= 0.6 is 0 Å². The normalized spacial score (nSPS) is 15.5. The molecule has 2 aromatic rings. The summed E-state index contributed by atoms with van der Waals surface area (Å²) in [6, 6.07) is 5.15. The van der Waals surface area contributed by atoms with Gasteiger partial charge in [0.15, 0.2) is 11.5 Å². The average Bonchev–Trinajstić information content (AvgIpc) is 2.55. The van der Waals surface area contributed by atoms with Crippen LogP contribution < -0.4 is 5.73 Å². The van der Waals surface area contributed by atoms with Crippen molar-refractivity contribution in [1.82, 2.24) is 4.98 Å². The number of aryl methyl sites for hydroxylation is 1. The molecule has 0 bridgehead atoms. The summed E-state index contributed by atoms with van der Waals surface area (Å²) in [7, 11) is 0. The summed E-state index contributed by atoms with van der Waals surface area (Å²) in [4.78, 5) is 4.19. The Hall–Kier alpha value is -1.39. The predicted octanol–water partition coefficient (Wildman–Crippen LogP) is 1.52. The first kappa shape index (κ1) is 10.1. The second-order valence-corrected chi connectivity index (χ2v) is 3.73. The van der Waals surface area contributed by atoms with Crippen LogP contribution in [0.2, 0.25) is 0 Å². The van der Waals surface area contributed by atoms with Gasteiger partial charge in [0.2, 0.25) is 0 Å². The van der Waals surface area contributed by atoms with Gasteiger partial charge in [-0.15, -0.1) is 0 Å². The van der Waals surface area contributed by atoms with Crippen LogP contribution in [-0.4, -0.2) is 16.2 Å². The molecule has 4 nitrogen and oxygen atoms in total. The summed E-state index contributed by atoms with van der Waals surface area (Å²) >= 11 is 0. The Morgan fingerprint density at radius 3 is 2.87 bits per heavy atom. The summed E-state index contributed by atoms with van der Waals surface area (Å²) in [6.45, 7) is 3.47. The SMILES string of the molecule is Cc1nc2ccc(C(N)C(C)O)cc2o1. The van der Waals surface area contributed by atoms with Crippen molar-refractivity contribution in [1.29, 1.82) is 0 Å². The van der Waals surface area contributed by atoms with E-state index in [9.17, 15) is 5.11 Å². The van der Waals surface area contributed by atoms with Crippen LogP contribution in [0.5, 0.6) is 0 Å². The van der Waals surface area contributed by atoms with Gasteiger partial charge < -0.3 is 15.3 Å². The van der Waals surface area contributed by atoms with Gasteiger partial charge in [-0.25, -0.2) is 4.98 Å². The van der Waals surface area contributed by atoms with Crippen molar-refractivity contribution in [3.63, 3.8) is 0 Å².